The molecular formula is C23H27N3O2. The van der Waals surface area contributed by atoms with Gasteiger partial charge in [-0.3, -0.25) is 9.59 Å². The number of hydrogen-bond acceptors (Lipinski definition) is 3. The lowest BCUT2D eigenvalue weighted by atomic mass is 9.88. The molecule has 0 aliphatic heterocycles. The maximum atomic E-state index is 12.3. The fourth-order valence-electron chi connectivity index (χ4n) is 3.37. The number of carbonyl (C=O) groups excluding carboxylic acids is 2. The second-order valence-corrected chi connectivity index (χ2v) is 7.41. The summed E-state index contributed by atoms with van der Waals surface area (Å²) in [6.45, 7) is 3.88. The summed E-state index contributed by atoms with van der Waals surface area (Å²) in [5.74, 6) is -0.0948. The first kappa shape index (κ1) is 19.8. The Bertz CT molecular complexity index is 848. The molecule has 1 fully saturated rings. The van der Waals surface area contributed by atoms with E-state index in [9.17, 15) is 9.59 Å². The van der Waals surface area contributed by atoms with Gasteiger partial charge in [0.2, 0.25) is 5.91 Å². The smallest absolute Gasteiger partial charge is 0.271 e. The molecule has 0 radical (unpaired) electrons. The van der Waals surface area contributed by atoms with Crippen molar-refractivity contribution in [2.24, 2.45) is 11.0 Å². The lowest BCUT2D eigenvalue weighted by Crippen LogP contribution is -2.24. The van der Waals surface area contributed by atoms with Gasteiger partial charge in [0.25, 0.3) is 5.91 Å². The first-order valence-electron chi connectivity index (χ1n) is 9.85. The standard InChI is InChI=1S/C23H27N3O2/c1-16-8-10-18(11-9-16)17(2)25-26-23(28)20-12-14-21(15-13-20)24-22(27)19-6-4-3-5-7-19/h8-15,19H,3-7H2,1-2H3,(H,24,27)(H,26,28)/b25-17+. The van der Waals surface area contributed by atoms with Crippen LogP contribution in [0.15, 0.2) is 53.6 Å². The molecule has 0 bridgehead atoms. The Morgan fingerprint density at radius 1 is 0.893 bits per heavy atom. The van der Waals surface area contributed by atoms with Crippen LogP contribution in [0.25, 0.3) is 0 Å². The van der Waals surface area contributed by atoms with Crippen molar-refractivity contribution in [3.05, 3.63) is 65.2 Å². The number of anilines is 1. The predicted molar refractivity (Wildman–Crippen MR) is 113 cm³/mol. The van der Waals surface area contributed by atoms with Gasteiger partial charge in [0.1, 0.15) is 0 Å². The Balaban J connectivity index is 1.56. The zero-order valence-electron chi connectivity index (χ0n) is 16.5. The van der Waals surface area contributed by atoms with Gasteiger partial charge in [-0.1, -0.05) is 49.1 Å². The van der Waals surface area contributed by atoms with E-state index in [2.05, 4.69) is 15.8 Å². The number of hydrogen-bond donors (Lipinski definition) is 2. The second kappa shape index (κ2) is 9.31. The highest BCUT2D eigenvalue weighted by Gasteiger charge is 2.21. The number of hydrazone groups is 1. The van der Waals surface area contributed by atoms with E-state index in [1.54, 1.807) is 24.3 Å². The molecular weight excluding hydrogens is 350 g/mol. The first-order chi connectivity index (χ1) is 13.5. The van der Waals surface area contributed by atoms with E-state index >= 15 is 0 Å². The van der Waals surface area contributed by atoms with Crippen molar-refractivity contribution >= 4 is 23.2 Å². The van der Waals surface area contributed by atoms with E-state index in [4.69, 9.17) is 0 Å². The largest absolute Gasteiger partial charge is 0.326 e. The van der Waals surface area contributed by atoms with Crippen LogP contribution in [0.2, 0.25) is 0 Å². The highest BCUT2D eigenvalue weighted by Crippen LogP contribution is 2.25. The van der Waals surface area contributed by atoms with Crippen LogP contribution in [0.5, 0.6) is 0 Å². The van der Waals surface area contributed by atoms with Crippen molar-refractivity contribution in [1.82, 2.24) is 5.43 Å². The number of aryl methyl sites for hydroxylation is 1. The molecule has 2 amide bonds. The highest BCUT2D eigenvalue weighted by atomic mass is 16.2. The molecule has 28 heavy (non-hydrogen) atoms. The molecule has 0 saturated heterocycles. The van der Waals surface area contributed by atoms with Gasteiger partial charge in [-0.15, -0.1) is 0 Å². The monoisotopic (exact) mass is 377 g/mol. The van der Waals surface area contributed by atoms with Gasteiger partial charge in [0.05, 0.1) is 5.71 Å². The molecule has 5 heteroatoms. The topological polar surface area (TPSA) is 70.6 Å². The summed E-state index contributed by atoms with van der Waals surface area (Å²) in [4.78, 5) is 24.6. The van der Waals surface area contributed by atoms with Gasteiger partial charge >= 0.3 is 0 Å². The number of amides is 2. The van der Waals surface area contributed by atoms with Crippen LogP contribution in [-0.4, -0.2) is 17.5 Å². The van der Waals surface area contributed by atoms with Gasteiger partial charge in [-0.2, -0.15) is 5.10 Å². The molecule has 5 nitrogen and oxygen atoms in total. The molecule has 1 aliphatic carbocycles. The normalized spacial score (nSPS) is 15.1. The minimum absolute atomic E-state index is 0.0789. The third-order valence-corrected chi connectivity index (χ3v) is 5.19. The molecule has 2 N–H and O–H groups in total. The van der Waals surface area contributed by atoms with E-state index in [0.29, 0.717) is 11.3 Å². The van der Waals surface area contributed by atoms with Crippen molar-refractivity contribution in [3.63, 3.8) is 0 Å². The van der Waals surface area contributed by atoms with Gasteiger partial charge in [0.15, 0.2) is 0 Å². The summed E-state index contributed by atoms with van der Waals surface area (Å²) in [6, 6.07) is 14.9. The number of rotatable bonds is 5. The first-order valence-corrected chi connectivity index (χ1v) is 9.85. The minimum Gasteiger partial charge on any atom is -0.326 e. The highest BCUT2D eigenvalue weighted by molar-refractivity contribution is 6.01. The van der Waals surface area contributed by atoms with E-state index in [1.165, 1.54) is 12.0 Å². The van der Waals surface area contributed by atoms with Crippen LogP contribution in [0, 0.1) is 12.8 Å². The molecule has 3 rings (SSSR count). The molecule has 0 spiro atoms. The average molecular weight is 377 g/mol. The third kappa shape index (κ3) is 5.28. The van der Waals surface area contributed by atoms with Crippen LogP contribution in [0.4, 0.5) is 5.69 Å². The Kier molecular flexibility index (Phi) is 6.58. The Morgan fingerprint density at radius 3 is 2.14 bits per heavy atom. The van der Waals surface area contributed by atoms with Crippen LogP contribution >= 0.6 is 0 Å². The summed E-state index contributed by atoms with van der Waals surface area (Å²) in [5, 5.41) is 7.14. The SMILES string of the molecule is C/C(=N\NC(=O)c1ccc(NC(=O)C2CCCCC2)cc1)c1ccc(C)cc1. The molecule has 0 atom stereocenters. The van der Waals surface area contributed by atoms with Crippen molar-refractivity contribution in [1.29, 1.82) is 0 Å². The van der Waals surface area contributed by atoms with Crippen LogP contribution in [0.1, 0.15) is 60.5 Å². The fourth-order valence-corrected chi connectivity index (χ4v) is 3.37. The van der Waals surface area contributed by atoms with E-state index in [-0.39, 0.29) is 17.7 Å². The third-order valence-electron chi connectivity index (χ3n) is 5.19. The Morgan fingerprint density at radius 2 is 1.50 bits per heavy atom. The number of benzene rings is 2. The number of carbonyl (C=O) groups is 2. The summed E-state index contributed by atoms with van der Waals surface area (Å²) in [7, 11) is 0. The number of nitrogens with one attached hydrogen (secondary N) is 2. The summed E-state index contributed by atoms with van der Waals surface area (Å²) < 4.78 is 0. The van der Waals surface area contributed by atoms with Crippen molar-refractivity contribution in [2.75, 3.05) is 5.32 Å². The summed E-state index contributed by atoms with van der Waals surface area (Å²) in [6.07, 6.45) is 5.40. The van der Waals surface area contributed by atoms with Crippen molar-refractivity contribution in [3.8, 4) is 0 Å². The molecule has 0 heterocycles. The van der Waals surface area contributed by atoms with Crippen molar-refractivity contribution in [2.45, 2.75) is 46.0 Å². The Labute approximate surface area is 166 Å². The lowest BCUT2D eigenvalue weighted by Gasteiger charge is -2.20. The van der Waals surface area contributed by atoms with Gasteiger partial charge in [-0.05, 0) is 56.5 Å². The van der Waals surface area contributed by atoms with Gasteiger partial charge < -0.3 is 5.32 Å². The average Bonchev–Trinajstić information content (AvgIpc) is 2.73. The molecule has 1 aliphatic rings. The molecule has 0 aromatic heterocycles. The molecule has 146 valence electrons. The van der Waals surface area contributed by atoms with E-state index < -0.39 is 0 Å². The molecule has 1 saturated carbocycles. The summed E-state index contributed by atoms with van der Waals surface area (Å²) >= 11 is 0. The minimum atomic E-state index is -0.281. The lowest BCUT2D eigenvalue weighted by molar-refractivity contribution is -0.120. The number of nitrogens with zero attached hydrogens (tertiary/aromatic N) is 1. The molecule has 0 unspecified atom stereocenters. The van der Waals surface area contributed by atoms with Gasteiger partial charge in [0, 0.05) is 17.2 Å². The molecule has 2 aromatic rings. The van der Waals surface area contributed by atoms with E-state index in [0.717, 1.165) is 37.0 Å². The maximum absolute atomic E-state index is 12.3. The maximum Gasteiger partial charge on any atom is 0.271 e. The zero-order valence-corrected chi connectivity index (χ0v) is 16.5. The second-order valence-electron chi connectivity index (χ2n) is 7.41. The van der Waals surface area contributed by atoms with E-state index in [1.807, 2.05) is 38.1 Å². The van der Waals surface area contributed by atoms with Gasteiger partial charge in [-0.25, -0.2) is 5.43 Å². The Hall–Kier alpha value is -2.95. The van der Waals surface area contributed by atoms with Crippen LogP contribution in [0.3, 0.4) is 0 Å². The quantitative estimate of drug-likeness (QED) is 0.587. The summed E-state index contributed by atoms with van der Waals surface area (Å²) in [5.41, 5.74) is 6.68. The zero-order chi connectivity index (χ0) is 19.9. The molecule has 2 aromatic carbocycles. The fraction of sp³-hybridized carbons (Fsp3) is 0.348. The van der Waals surface area contributed by atoms with Crippen LogP contribution in [-0.2, 0) is 4.79 Å². The van der Waals surface area contributed by atoms with Crippen LogP contribution < -0.4 is 10.7 Å². The predicted octanol–water partition coefficient (Wildman–Crippen LogP) is 4.67. The van der Waals surface area contributed by atoms with Crippen molar-refractivity contribution < 1.29 is 9.59 Å².